The van der Waals surface area contributed by atoms with Gasteiger partial charge in [0.25, 0.3) is 5.69 Å². The first kappa shape index (κ1) is 16.1. The normalized spacial score (nSPS) is 20.7. The quantitative estimate of drug-likeness (QED) is 0.652. The Bertz CT molecular complexity index is 538. The molecule has 0 aromatic heterocycles. The molecule has 0 aliphatic carbocycles. The summed E-state index contributed by atoms with van der Waals surface area (Å²) < 4.78 is 10.8. The largest absolute Gasteiger partial charge is 0.508 e. The molecule has 0 amide bonds. The number of nitro groups is 1. The van der Waals surface area contributed by atoms with Crippen LogP contribution in [0.5, 0.6) is 5.75 Å². The van der Waals surface area contributed by atoms with E-state index in [1.54, 1.807) is 0 Å². The van der Waals surface area contributed by atoms with E-state index in [1.807, 2.05) is 0 Å². The lowest BCUT2D eigenvalue weighted by atomic mass is 10.1. The van der Waals surface area contributed by atoms with Gasteiger partial charge < -0.3 is 14.6 Å². The summed E-state index contributed by atoms with van der Waals surface area (Å²) in [5.74, 6) is 0.0820. The number of phenols is 1. The lowest BCUT2D eigenvalue weighted by Gasteiger charge is -2.43. The van der Waals surface area contributed by atoms with E-state index in [-0.39, 0.29) is 17.6 Å². The topological polar surface area (TPSA) is 88.3 Å². The standard InChI is InChI=1S/C15H21N3O5/c19-14-2-1-12(18(20)21)11-13(14)15(16-3-7-22-8-4-16)17-5-9-23-10-6-17/h1-2,11,15,19H,3-10H2. The summed E-state index contributed by atoms with van der Waals surface area (Å²) in [5, 5.41) is 21.4. The molecule has 2 aliphatic heterocycles. The van der Waals surface area contributed by atoms with E-state index in [1.165, 1.54) is 18.2 Å². The average Bonchev–Trinajstić information content (AvgIpc) is 2.58. The minimum atomic E-state index is -0.432. The number of rotatable bonds is 4. The van der Waals surface area contributed by atoms with Gasteiger partial charge in [0.2, 0.25) is 0 Å². The number of aromatic hydroxyl groups is 1. The van der Waals surface area contributed by atoms with E-state index in [0.717, 1.165) is 26.2 Å². The monoisotopic (exact) mass is 323 g/mol. The second-order valence-electron chi connectivity index (χ2n) is 5.67. The van der Waals surface area contributed by atoms with Crippen LogP contribution >= 0.6 is 0 Å². The Labute approximate surface area is 134 Å². The van der Waals surface area contributed by atoms with Crippen LogP contribution in [-0.2, 0) is 9.47 Å². The zero-order valence-corrected chi connectivity index (χ0v) is 12.9. The molecule has 0 unspecified atom stereocenters. The second kappa shape index (κ2) is 7.22. The van der Waals surface area contributed by atoms with Crippen LogP contribution in [0.15, 0.2) is 18.2 Å². The molecule has 0 radical (unpaired) electrons. The van der Waals surface area contributed by atoms with E-state index in [9.17, 15) is 15.2 Å². The smallest absolute Gasteiger partial charge is 0.270 e. The van der Waals surface area contributed by atoms with E-state index in [2.05, 4.69) is 9.80 Å². The third-order valence-electron chi connectivity index (χ3n) is 4.28. The number of non-ortho nitro benzene ring substituents is 1. The summed E-state index contributed by atoms with van der Waals surface area (Å²) in [6, 6.07) is 4.21. The molecule has 126 valence electrons. The van der Waals surface area contributed by atoms with Crippen molar-refractivity contribution in [3.8, 4) is 5.75 Å². The zero-order chi connectivity index (χ0) is 16.2. The van der Waals surface area contributed by atoms with Crippen LogP contribution in [0.1, 0.15) is 11.7 Å². The summed E-state index contributed by atoms with van der Waals surface area (Å²) >= 11 is 0. The van der Waals surface area contributed by atoms with Crippen LogP contribution in [0.25, 0.3) is 0 Å². The molecule has 2 aliphatic rings. The molecule has 0 atom stereocenters. The first-order valence-corrected chi connectivity index (χ1v) is 7.78. The lowest BCUT2D eigenvalue weighted by Crippen LogP contribution is -2.50. The Balaban J connectivity index is 1.96. The van der Waals surface area contributed by atoms with Gasteiger partial charge >= 0.3 is 0 Å². The molecule has 2 fully saturated rings. The molecule has 8 nitrogen and oxygen atoms in total. The fraction of sp³-hybridized carbons (Fsp3) is 0.600. The van der Waals surface area contributed by atoms with Gasteiger partial charge in [-0.2, -0.15) is 0 Å². The van der Waals surface area contributed by atoms with Gasteiger partial charge in [0.15, 0.2) is 0 Å². The summed E-state index contributed by atoms with van der Waals surface area (Å²) in [4.78, 5) is 15.1. The molecular formula is C15H21N3O5. The third kappa shape index (κ3) is 3.61. The molecule has 1 aromatic rings. The van der Waals surface area contributed by atoms with E-state index in [0.29, 0.717) is 32.0 Å². The highest BCUT2D eigenvalue weighted by Gasteiger charge is 2.32. The van der Waals surface area contributed by atoms with Crippen LogP contribution in [-0.4, -0.2) is 72.4 Å². The van der Waals surface area contributed by atoms with Crippen molar-refractivity contribution < 1.29 is 19.5 Å². The van der Waals surface area contributed by atoms with E-state index in [4.69, 9.17) is 9.47 Å². The highest BCUT2D eigenvalue weighted by molar-refractivity contribution is 5.44. The van der Waals surface area contributed by atoms with Gasteiger partial charge in [-0.25, -0.2) is 0 Å². The molecule has 1 N–H and O–H groups in total. The van der Waals surface area contributed by atoms with Crippen molar-refractivity contribution in [2.75, 3.05) is 52.6 Å². The van der Waals surface area contributed by atoms with Crippen molar-refractivity contribution in [2.24, 2.45) is 0 Å². The fourth-order valence-corrected chi connectivity index (χ4v) is 3.13. The van der Waals surface area contributed by atoms with Crippen molar-refractivity contribution in [2.45, 2.75) is 6.17 Å². The summed E-state index contributed by atoms with van der Waals surface area (Å²) in [6.45, 7) is 5.39. The predicted molar refractivity (Wildman–Crippen MR) is 82.3 cm³/mol. The summed E-state index contributed by atoms with van der Waals surface area (Å²) in [6.07, 6.45) is -0.206. The van der Waals surface area contributed by atoms with Crippen LogP contribution in [0.4, 0.5) is 5.69 Å². The van der Waals surface area contributed by atoms with Gasteiger partial charge in [0.05, 0.1) is 37.5 Å². The van der Waals surface area contributed by atoms with Crippen LogP contribution in [0.2, 0.25) is 0 Å². The molecular weight excluding hydrogens is 302 g/mol. The Kier molecular flexibility index (Phi) is 5.06. The Morgan fingerprint density at radius 3 is 2.04 bits per heavy atom. The number of nitro benzene ring substituents is 1. The molecule has 8 heteroatoms. The Morgan fingerprint density at radius 1 is 1.04 bits per heavy atom. The third-order valence-corrected chi connectivity index (χ3v) is 4.28. The van der Waals surface area contributed by atoms with Crippen LogP contribution in [0, 0.1) is 10.1 Å². The summed E-state index contributed by atoms with van der Waals surface area (Å²) in [7, 11) is 0. The number of nitrogens with zero attached hydrogens (tertiary/aromatic N) is 3. The molecule has 0 saturated carbocycles. The number of hydrogen-bond acceptors (Lipinski definition) is 7. The fourth-order valence-electron chi connectivity index (χ4n) is 3.13. The number of phenolic OH excluding ortho intramolecular Hbond substituents is 1. The minimum Gasteiger partial charge on any atom is -0.508 e. The molecule has 3 rings (SSSR count). The predicted octanol–water partition coefficient (Wildman–Crippen LogP) is 0.963. The van der Waals surface area contributed by atoms with Crippen molar-refractivity contribution in [3.05, 3.63) is 33.9 Å². The van der Waals surface area contributed by atoms with Gasteiger partial charge in [-0.05, 0) is 6.07 Å². The molecule has 2 heterocycles. The Hall–Kier alpha value is -1.74. The highest BCUT2D eigenvalue weighted by atomic mass is 16.6. The van der Waals surface area contributed by atoms with Gasteiger partial charge in [0.1, 0.15) is 5.75 Å². The molecule has 0 spiro atoms. The maximum Gasteiger partial charge on any atom is 0.270 e. The van der Waals surface area contributed by atoms with Crippen LogP contribution in [0.3, 0.4) is 0 Å². The van der Waals surface area contributed by atoms with Gasteiger partial charge in [-0.15, -0.1) is 0 Å². The lowest BCUT2D eigenvalue weighted by molar-refractivity contribution is -0.385. The maximum atomic E-state index is 11.1. The second-order valence-corrected chi connectivity index (χ2v) is 5.67. The molecule has 0 bridgehead atoms. The maximum absolute atomic E-state index is 11.1. The number of morpholine rings is 2. The van der Waals surface area contributed by atoms with Gasteiger partial charge in [0, 0.05) is 43.9 Å². The van der Waals surface area contributed by atoms with Crippen molar-refractivity contribution >= 4 is 5.69 Å². The number of ether oxygens (including phenoxy) is 2. The van der Waals surface area contributed by atoms with Gasteiger partial charge in [-0.3, -0.25) is 19.9 Å². The molecule has 1 aromatic carbocycles. The van der Waals surface area contributed by atoms with Crippen molar-refractivity contribution in [1.29, 1.82) is 0 Å². The molecule has 23 heavy (non-hydrogen) atoms. The van der Waals surface area contributed by atoms with E-state index < -0.39 is 4.92 Å². The molecule has 2 saturated heterocycles. The Morgan fingerprint density at radius 2 is 1.57 bits per heavy atom. The number of hydrogen-bond donors (Lipinski definition) is 1. The zero-order valence-electron chi connectivity index (χ0n) is 12.9. The average molecular weight is 323 g/mol. The van der Waals surface area contributed by atoms with Gasteiger partial charge in [-0.1, -0.05) is 0 Å². The SMILES string of the molecule is O=[N+]([O-])c1ccc(O)c(C(N2CCOCC2)N2CCOCC2)c1. The number of benzene rings is 1. The van der Waals surface area contributed by atoms with Crippen LogP contribution < -0.4 is 0 Å². The van der Waals surface area contributed by atoms with Crippen molar-refractivity contribution in [3.63, 3.8) is 0 Å². The summed E-state index contributed by atoms with van der Waals surface area (Å²) in [5.41, 5.74) is 0.562. The van der Waals surface area contributed by atoms with E-state index >= 15 is 0 Å². The van der Waals surface area contributed by atoms with Crippen molar-refractivity contribution in [1.82, 2.24) is 9.80 Å². The first-order chi connectivity index (χ1) is 11.2. The highest BCUT2D eigenvalue weighted by Crippen LogP contribution is 2.35. The minimum absolute atomic E-state index is 0.00989. The first-order valence-electron chi connectivity index (χ1n) is 7.78.